The highest BCUT2D eigenvalue weighted by Gasteiger charge is 2.15. The number of ether oxygens (including phenoxy) is 2. The predicted molar refractivity (Wildman–Crippen MR) is 75.1 cm³/mol. The molecule has 0 bridgehead atoms. The zero-order valence-corrected chi connectivity index (χ0v) is 12.0. The second-order valence-electron chi connectivity index (χ2n) is 4.27. The Morgan fingerprint density at radius 2 is 2.06 bits per heavy atom. The van der Waals surface area contributed by atoms with Crippen molar-refractivity contribution >= 4 is 15.9 Å². The quantitative estimate of drug-likeness (QED) is 0.789. The molecule has 18 heavy (non-hydrogen) atoms. The minimum absolute atomic E-state index is 0.613. The number of benzene rings is 1. The van der Waals surface area contributed by atoms with E-state index in [0.717, 1.165) is 48.4 Å². The van der Waals surface area contributed by atoms with E-state index in [9.17, 15) is 0 Å². The van der Waals surface area contributed by atoms with Gasteiger partial charge in [-0.3, -0.25) is 0 Å². The van der Waals surface area contributed by atoms with Crippen LogP contribution in [0.2, 0.25) is 0 Å². The molecule has 1 aliphatic rings. The number of fused-ring (bicyclic) bond motifs is 1. The van der Waals surface area contributed by atoms with Crippen molar-refractivity contribution in [2.24, 2.45) is 5.73 Å². The largest absolute Gasteiger partial charge is 0.486 e. The van der Waals surface area contributed by atoms with Gasteiger partial charge in [0, 0.05) is 6.54 Å². The van der Waals surface area contributed by atoms with Crippen LogP contribution in [0.3, 0.4) is 0 Å². The van der Waals surface area contributed by atoms with E-state index in [1.165, 1.54) is 5.56 Å². The van der Waals surface area contributed by atoms with Crippen LogP contribution in [-0.4, -0.2) is 26.3 Å². The van der Waals surface area contributed by atoms with Crippen LogP contribution in [0.1, 0.15) is 18.4 Å². The van der Waals surface area contributed by atoms with Gasteiger partial charge in [0.1, 0.15) is 13.2 Å². The second-order valence-corrected chi connectivity index (χ2v) is 5.13. The fourth-order valence-electron chi connectivity index (χ4n) is 1.89. The van der Waals surface area contributed by atoms with Crippen LogP contribution >= 0.6 is 15.9 Å². The number of unbranched alkanes of at least 4 members (excludes halogenated alkanes) is 1. The van der Waals surface area contributed by atoms with Crippen LogP contribution in [0.5, 0.6) is 11.5 Å². The minimum atomic E-state index is 0.613. The zero-order valence-electron chi connectivity index (χ0n) is 10.4. The summed E-state index contributed by atoms with van der Waals surface area (Å²) in [5.41, 5.74) is 6.65. The molecule has 0 unspecified atom stereocenters. The normalized spacial score (nSPS) is 13.7. The maximum absolute atomic E-state index is 5.59. The average Bonchev–Trinajstić information content (AvgIpc) is 2.39. The monoisotopic (exact) mass is 314 g/mol. The molecule has 1 aromatic rings. The first-order valence-electron chi connectivity index (χ1n) is 6.30. The van der Waals surface area contributed by atoms with E-state index in [1.54, 1.807) is 0 Å². The Morgan fingerprint density at radius 3 is 2.89 bits per heavy atom. The first kappa shape index (κ1) is 13.6. The summed E-state index contributed by atoms with van der Waals surface area (Å²) in [5.74, 6) is 1.64. The van der Waals surface area contributed by atoms with E-state index in [1.807, 2.05) is 6.07 Å². The smallest absolute Gasteiger partial charge is 0.175 e. The van der Waals surface area contributed by atoms with Gasteiger partial charge in [0.25, 0.3) is 0 Å². The molecule has 3 N–H and O–H groups in total. The van der Waals surface area contributed by atoms with Crippen LogP contribution in [0, 0.1) is 0 Å². The molecular weight excluding hydrogens is 296 g/mol. The van der Waals surface area contributed by atoms with Crippen molar-refractivity contribution in [1.29, 1.82) is 0 Å². The standard InChI is InChI=1S/C13H19BrN2O2/c14-11-7-10(9-16-4-2-1-3-15)8-12-13(11)18-6-5-17-12/h7-8,16H,1-6,9,15H2. The summed E-state index contributed by atoms with van der Waals surface area (Å²) in [7, 11) is 0. The molecule has 0 saturated carbocycles. The maximum atomic E-state index is 5.59. The molecule has 0 spiro atoms. The van der Waals surface area contributed by atoms with Gasteiger partial charge in [0.2, 0.25) is 0 Å². The van der Waals surface area contributed by atoms with Gasteiger partial charge in [-0.05, 0) is 59.6 Å². The first-order valence-corrected chi connectivity index (χ1v) is 7.09. The van der Waals surface area contributed by atoms with Crippen molar-refractivity contribution in [1.82, 2.24) is 5.32 Å². The number of rotatable bonds is 6. The Labute approximate surface area is 116 Å². The average molecular weight is 315 g/mol. The van der Waals surface area contributed by atoms with Crippen molar-refractivity contribution in [2.45, 2.75) is 19.4 Å². The molecule has 0 atom stereocenters. The van der Waals surface area contributed by atoms with Gasteiger partial charge in [-0.1, -0.05) is 0 Å². The van der Waals surface area contributed by atoms with Crippen LogP contribution in [0.25, 0.3) is 0 Å². The zero-order chi connectivity index (χ0) is 12.8. The summed E-state index contributed by atoms with van der Waals surface area (Å²) >= 11 is 3.52. The first-order chi connectivity index (χ1) is 8.81. The Bertz CT molecular complexity index is 399. The second kappa shape index (κ2) is 6.97. The van der Waals surface area contributed by atoms with Crippen LogP contribution in [0.4, 0.5) is 0 Å². The van der Waals surface area contributed by atoms with Gasteiger partial charge in [0.05, 0.1) is 4.47 Å². The summed E-state index contributed by atoms with van der Waals surface area (Å²) in [6, 6.07) is 4.11. The van der Waals surface area contributed by atoms with Crippen molar-refractivity contribution in [3.63, 3.8) is 0 Å². The number of hydrogen-bond donors (Lipinski definition) is 2. The summed E-state index contributed by atoms with van der Waals surface area (Å²) < 4.78 is 12.1. The molecule has 1 aliphatic heterocycles. The lowest BCUT2D eigenvalue weighted by Crippen LogP contribution is -2.18. The fourth-order valence-corrected chi connectivity index (χ4v) is 2.50. The highest BCUT2D eigenvalue weighted by Crippen LogP contribution is 2.38. The Balaban J connectivity index is 1.91. The third kappa shape index (κ3) is 3.60. The molecule has 2 rings (SSSR count). The van der Waals surface area contributed by atoms with Crippen LogP contribution < -0.4 is 20.5 Å². The van der Waals surface area contributed by atoms with Gasteiger partial charge in [-0.25, -0.2) is 0 Å². The van der Waals surface area contributed by atoms with Crippen molar-refractivity contribution < 1.29 is 9.47 Å². The van der Waals surface area contributed by atoms with Crippen LogP contribution in [0.15, 0.2) is 16.6 Å². The fraction of sp³-hybridized carbons (Fsp3) is 0.538. The maximum Gasteiger partial charge on any atom is 0.175 e. The number of nitrogens with one attached hydrogen (secondary N) is 1. The Hall–Kier alpha value is -0.780. The molecule has 1 aromatic carbocycles. The van der Waals surface area contributed by atoms with Crippen LogP contribution in [-0.2, 0) is 6.54 Å². The molecule has 4 nitrogen and oxygen atoms in total. The van der Waals surface area contributed by atoms with Gasteiger partial charge >= 0.3 is 0 Å². The summed E-state index contributed by atoms with van der Waals surface area (Å²) in [5, 5.41) is 3.40. The molecule has 0 saturated heterocycles. The summed E-state index contributed by atoms with van der Waals surface area (Å²) in [6.07, 6.45) is 2.18. The lowest BCUT2D eigenvalue weighted by Gasteiger charge is -2.20. The van der Waals surface area contributed by atoms with Gasteiger partial charge < -0.3 is 20.5 Å². The van der Waals surface area contributed by atoms with E-state index in [4.69, 9.17) is 15.2 Å². The van der Waals surface area contributed by atoms with Crippen molar-refractivity contribution in [3.05, 3.63) is 22.2 Å². The number of halogens is 1. The molecule has 0 aliphatic carbocycles. The molecule has 0 fully saturated rings. The third-order valence-electron chi connectivity index (χ3n) is 2.79. The molecule has 1 heterocycles. The molecule has 5 heteroatoms. The molecule has 0 amide bonds. The molecule has 0 aromatic heterocycles. The van der Waals surface area contributed by atoms with Crippen molar-refractivity contribution in [3.8, 4) is 11.5 Å². The topological polar surface area (TPSA) is 56.5 Å². The van der Waals surface area contributed by atoms with E-state index < -0.39 is 0 Å². The lowest BCUT2D eigenvalue weighted by atomic mass is 10.2. The number of hydrogen-bond acceptors (Lipinski definition) is 4. The third-order valence-corrected chi connectivity index (χ3v) is 3.38. The van der Waals surface area contributed by atoms with E-state index in [-0.39, 0.29) is 0 Å². The summed E-state index contributed by atoms with van der Waals surface area (Å²) in [6.45, 7) is 3.81. The van der Waals surface area contributed by atoms with E-state index in [2.05, 4.69) is 27.3 Å². The Morgan fingerprint density at radius 1 is 1.22 bits per heavy atom. The summed E-state index contributed by atoms with van der Waals surface area (Å²) in [4.78, 5) is 0. The molecular formula is C13H19BrN2O2. The van der Waals surface area contributed by atoms with E-state index in [0.29, 0.717) is 13.2 Å². The highest BCUT2D eigenvalue weighted by molar-refractivity contribution is 9.10. The van der Waals surface area contributed by atoms with E-state index >= 15 is 0 Å². The van der Waals surface area contributed by atoms with Gasteiger partial charge in [-0.2, -0.15) is 0 Å². The van der Waals surface area contributed by atoms with Crippen molar-refractivity contribution in [2.75, 3.05) is 26.3 Å². The van der Waals surface area contributed by atoms with Gasteiger partial charge in [0.15, 0.2) is 11.5 Å². The van der Waals surface area contributed by atoms with Gasteiger partial charge in [-0.15, -0.1) is 0 Å². The Kier molecular flexibility index (Phi) is 5.28. The SMILES string of the molecule is NCCCCNCc1cc(Br)c2c(c1)OCCO2. The number of nitrogens with two attached hydrogens (primary N) is 1. The molecule has 100 valence electrons. The predicted octanol–water partition coefficient (Wildman–Crippen LogP) is 2.05. The molecule has 0 radical (unpaired) electrons. The minimum Gasteiger partial charge on any atom is -0.486 e. The highest BCUT2D eigenvalue weighted by atomic mass is 79.9. The lowest BCUT2D eigenvalue weighted by molar-refractivity contribution is 0.170.